The van der Waals surface area contributed by atoms with Crippen molar-refractivity contribution < 1.29 is 22.8 Å². The Labute approximate surface area is 114 Å². The number of benzene rings is 1. The molecule has 0 spiro atoms. The molecule has 0 aromatic heterocycles. The number of sulfone groups is 1. The van der Waals surface area contributed by atoms with E-state index < -0.39 is 25.3 Å². The van der Waals surface area contributed by atoms with E-state index in [1.807, 2.05) is 0 Å². The summed E-state index contributed by atoms with van der Waals surface area (Å²) < 4.78 is 34.3. The number of nitro benzene ring substituents is 1. The van der Waals surface area contributed by atoms with Gasteiger partial charge in [0.1, 0.15) is 18.1 Å². The Morgan fingerprint density at radius 3 is 2.37 bits per heavy atom. The smallest absolute Gasteiger partial charge is 0.291 e. The van der Waals surface area contributed by atoms with E-state index in [9.17, 15) is 18.5 Å². The predicted molar refractivity (Wildman–Crippen MR) is 66.9 cm³/mol. The van der Waals surface area contributed by atoms with E-state index in [0.717, 1.165) is 12.1 Å². The average Bonchev–Trinajstić information content (AvgIpc) is 2.37. The molecule has 1 aromatic carbocycles. The van der Waals surface area contributed by atoms with Gasteiger partial charge >= 0.3 is 0 Å². The number of alkyl halides is 1. The molecule has 1 aliphatic heterocycles. The Morgan fingerprint density at radius 1 is 1.26 bits per heavy atom. The van der Waals surface area contributed by atoms with Crippen molar-refractivity contribution in [1.29, 1.82) is 0 Å². The molecule has 9 heteroatoms. The van der Waals surface area contributed by atoms with Crippen LogP contribution in [0.4, 0.5) is 5.69 Å². The lowest BCUT2D eigenvalue weighted by molar-refractivity contribution is -0.387. The van der Waals surface area contributed by atoms with Gasteiger partial charge in [0.05, 0.1) is 16.7 Å². The molecule has 7 nitrogen and oxygen atoms in total. The molecule has 0 saturated carbocycles. The largest absolute Gasteiger partial charge is 0.486 e. The van der Waals surface area contributed by atoms with Gasteiger partial charge in [0.25, 0.3) is 5.69 Å². The van der Waals surface area contributed by atoms with Crippen LogP contribution in [0.2, 0.25) is 0 Å². The third-order valence-electron chi connectivity index (χ3n) is 2.50. The predicted octanol–water partition coefficient (Wildman–Crippen LogP) is 1.38. The lowest BCUT2D eigenvalue weighted by Crippen LogP contribution is -2.17. The van der Waals surface area contributed by atoms with Crippen LogP contribution in [0.1, 0.15) is 0 Å². The van der Waals surface area contributed by atoms with E-state index in [2.05, 4.69) is 0 Å². The average molecular weight is 308 g/mol. The number of nitro groups is 1. The van der Waals surface area contributed by atoms with E-state index in [0.29, 0.717) is 0 Å². The zero-order chi connectivity index (χ0) is 14.0. The molecule has 2 rings (SSSR count). The fourth-order valence-corrected chi connectivity index (χ4v) is 3.43. The zero-order valence-corrected chi connectivity index (χ0v) is 11.2. The van der Waals surface area contributed by atoms with Crippen LogP contribution >= 0.6 is 11.6 Å². The Bertz CT molecular complexity index is 615. The number of nitrogens with zero attached hydrogens (tertiary/aromatic N) is 1. The lowest BCUT2D eigenvalue weighted by Gasteiger charge is -2.18. The summed E-state index contributed by atoms with van der Waals surface area (Å²) in [5, 5.41) is 11.0. The van der Waals surface area contributed by atoms with Crippen LogP contribution < -0.4 is 9.47 Å². The van der Waals surface area contributed by atoms with Crippen LogP contribution in [0, 0.1) is 10.1 Å². The number of ether oxygens (including phenoxy) is 2. The normalized spacial score (nSPS) is 14.2. The molecule has 0 atom stereocenters. The highest BCUT2D eigenvalue weighted by Crippen LogP contribution is 2.38. The monoisotopic (exact) mass is 307 g/mol. The van der Waals surface area contributed by atoms with Crippen molar-refractivity contribution in [1.82, 2.24) is 0 Å². The Hall–Kier alpha value is -1.54. The van der Waals surface area contributed by atoms with Gasteiger partial charge in [-0.1, -0.05) is 0 Å². The first-order valence-corrected chi connectivity index (χ1v) is 7.51. The fourth-order valence-electron chi connectivity index (χ4n) is 1.66. The molecule has 0 saturated heterocycles. The molecule has 0 amide bonds. The molecule has 0 radical (unpaired) electrons. The number of hydrogen-bond acceptors (Lipinski definition) is 6. The summed E-state index contributed by atoms with van der Waals surface area (Å²) in [7, 11) is -3.83. The summed E-state index contributed by atoms with van der Waals surface area (Å²) in [4.78, 5) is 9.81. The van der Waals surface area contributed by atoms with Gasteiger partial charge in [0.15, 0.2) is 21.3 Å². The van der Waals surface area contributed by atoms with Crippen molar-refractivity contribution in [2.24, 2.45) is 0 Å². The number of halogens is 1. The minimum absolute atomic E-state index is 0.145. The Kier molecular flexibility index (Phi) is 3.81. The summed E-state index contributed by atoms with van der Waals surface area (Å²) >= 11 is 5.41. The van der Waals surface area contributed by atoms with Gasteiger partial charge in [-0.2, -0.15) is 0 Å². The Balaban J connectivity index is 2.61. The van der Waals surface area contributed by atoms with Gasteiger partial charge in [-0.05, 0) is 0 Å². The van der Waals surface area contributed by atoms with Gasteiger partial charge in [-0.15, -0.1) is 11.6 Å². The zero-order valence-electron chi connectivity index (χ0n) is 9.67. The van der Waals surface area contributed by atoms with Crippen molar-refractivity contribution in [2.45, 2.75) is 4.90 Å². The van der Waals surface area contributed by atoms with E-state index in [1.54, 1.807) is 0 Å². The molecule has 1 aliphatic rings. The second-order valence-electron chi connectivity index (χ2n) is 3.73. The van der Waals surface area contributed by atoms with Crippen LogP contribution in [0.3, 0.4) is 0 Å². The lowest BCUT2D eigenvalue weighted by atomic mass is 10.2. The summed E-state index contributed by atoms with van der Waals surface area (Å²) in [6, 6.07) is 2.18. The van der Waals surface area contributed by atoms with E-state index in [-0.39, 0.29) is 36.3 Å². The SMILES string of the molecule is O=[N+]([O-])c1cc2c(cc1S(=O)(=O)CCCl)OCCO2. The molecule has 0 N–H and O–H groups in total. The van der Waals surface area contributed by atoms with Crippen molar-refractivity contribution in [3.8, 4) is 11.5 Å². The van der Waals surface area contributed by atoms with Gasteiger partial charge in [-0.3, -0.25) is 10.1 Å². The molecular formula is C10H10ClNO6S. The first-order chi connectivity index (χ1) is 8.95. The third kappa shape index (κ3) is 2.74. The van der Waals surface area contributed by atoms with Crippen molar-refractivity contribution in [2.75, 3.05) is 24.8 Å². The van der Waals surface area contributed by atoms with E-state index in [4.69, 9.17) is 21.1 Å². The topological polar surface area (TPSA) is 95.7 Å². The summed E-state index contributed by atoms with van der Waals surface area (Å²) in [5.74, 6) is -0.170. The number of rotatable bonds is 4. The first kappa shape index (κ1) is 13.9. The molecule has 1 heterocycles. The molecule has 0 fully saturated rings. The fraction of sp³-hybridized carbons (Fsp3) is 0.400. The minimum atomic E-state index is -3.83. The number of fused-ring (bicyclic) bond motifs is 1. The van der Waals surface area contributed by atoms with Crippen molar-refractivity contribution >= 4 is 27.1 Å². The number of hydrogen-bond donors (Lipinski definition) is 0. The van der Waals surface area contributed by atoms with Crippen molar-refractivity contribution in [3.63, 3.8) is 0 Å². The van der Waals surface area contributed by atoms with Crippen LogP contribution in [-0.2, 0) is 9.84 Å². The van der Waals surface area contributed by atoms with Crippen LogP contribution in [0.25, 0.3) is 0 Å². The highest BCUT2D eigenvalue weighted by molar-refractivity contribution is 7.91. The molecular weight excluding hydrogens is 298 g/mol. The quantitative estimate of drug-likeness (QED) is 0.473. The summed E-state index contributed by atoms with van der Waals surface area (Å²) in [5.41, 5.74) is -0.533. The van der Waals surface area contributed by atoms with Gasteiger partial charge in [0.2, 0.25) is 0 Å². The molecule has 104 valence electrons. The molecule has 1 aromatic rings. The highest BCUT2D eigenvalue weighted by atomic mass is 35.5. The van der Waals surface area contributed by atoms with E-state index >= 15 is 0 Å². The van der Waals surface area contributed by atoms with Crippen LogP contribution in [0.15, 0.2) is 17.0 Å². The maximum Gasteiger partial charge on any atom is 0.291 e. The van der Waals surface area contributed by atoms with Crippen molar-refractivity contribution in [3.05, 3.63) is 22.2 Å². The van der Waals surface area contributed by atoms with E-state index in [1.165, 1.54) is 0 Å². The third-order valence-corrected chi connectivity index (χ3v) is 4.65. The van der Waals surface area contributed by atoms with Crippen LogP contribution in [0.5, 0.6) is 11.5 Å². The van der Waals surface area contributed by atoms with Gasteiger partial charge in [0, 0.05) is 11.9 Å². The summed E-state index contributed by atoms with van der Waals surface area (Å²) in [6.07, 6.45) is 0. The van der Waals surface area contributed by atoms with Gasteiger partial charge < -0.3 is 9.47 Å². The molecule has 0 bridgehead atoms. The first-order valence-electron chi connectivity index (χ1n) is 5.32. The van der Waals surface area contributed by atoms with Crippen LogP contribution in [-0.4, -0.2) is 38.2 Å². The molecule has 19 heavy (non-hydrogen) atoms. The maximum atomic E-state index is 12.0. The molecule has 0 unspecified atom stereocenters. The second-order valence-corrected chi connectivity index (χ2v) is 6.18. The van der Waals surface area contributed by atoms with Gasteiger partial charge in [-0.25, -0.2) is 8.42 Å². The Morgan fingerprint density at radius 2 is 1.84 bits per heavy atom. The highest BCUT2D eigenvalue weighted by Gasteiger charge is 2.29. The maximum absolute atomic E-state index is 12.0. The summed E-state index contributed by atoms with van der Waals surface area (Å²) in [6.45, 7) is 0.526. The molecule has 0 aliphatic carbocycles. The second kappa shape index (κ2) is 5.22. The minimum Gasteiger partial charge on any atom is -0.486 e. The standard InChI is InChI=1S/C10H10ClNO6S/c11-1-4-19(15,16)10-6-9-8(17-2-3-18-9)5-7(10)12(13)14/h5-6H,1-4H2.